The van der Waals surface area contributed by atoms with Gasteiger partial charge in [-0.2, -0.15) is 0 Å². The third kappa shape index (κ3) is 3.79. The number of fused-ring (bicyclic) bond motifs is 5. The fourth-order valence-corrected chi connectivity index (χ4v) is 8.66. The number of hydrogen-bond donors (Lipinski definition) is 0. The summed E-state index contributed by atoms with van der Waals surface area (Å²) in [4.78, 5) is 2.90. The highest BCUT2D eigenvalue weighted by Gasteiger charge is 2.33. The highest BCUT2D eigenvalue weighted by atomic mass is 32.2. The molecule has 7 rings (SSSR count). The van der Waals surface area contributed by atoms with Crippen LogP contribution in [0.25, 0.3) is 43.6 Å². The minimum Gasteiger partial charge on any atom is -0.200 e. The van der Waals surface area contributed by atoms with Gasteiger partial charge in [0.15, 0.2) is 6.20 Å². The van der Waals surface area contributed by atoms with E-state index in [0.29, 0.717) is 0 Å². The Labute approximate surface area is 231 Å². The summed E-state index contributed by atoms with van der Waals surface area (Å²) in [6.45, 7) is 9.46. The first-order valence-electron chi connectivity index (χ1n) is 14.4. The van der Waals surface area contributed by atoms with Crippen molar-refractivity contribution in [3.05, 3.63) is 77.5 Å². The molecule has 1 aromatic heterocycles. The van der Waals surface area contributed by atoms with Crippen molar-refractivity contribution in [3.63, 3.8) is 0 Å². The van der Waals surface area contributed by atoms with Gasteiger partial charge >= 0.3 is 0 Å². The molecule has 192 valence electrons. The van der Waals surface area contributed by atoms with Gasteiger partial charge in [-0.15, -0.1) is 0 Å². The van der Waals surface area contributed by atoms with Crippen molar-refractivity contribution in [2.45, 2.75) is 76.0 Å². The third-order valence-corrected chi connectivity index (χ3v) is 10.2. The fourth-order valence-electron chi connectivity index (χ4n) is 7.29. The Morgan fingerprint density at radius 1 is 0.868 bits per heavy atom. The maximum atomic E-state index is 2.55. The van der Waals surface area contributed by atoms with Gasteiger partial charge in [0.05, 0.1) is 10.9 Å². The van der Waals surface area contributed by atoms with E-state index in [4.69, 9.17) is 0 Å². The van der Waals surface area contributed by atoms with Gasteiger partial charge in [0, 0.05) is 21.2 Å². The molecule has 1 aliphatic heterocycles. The average Bonchev–Trinajstić information content (AvgIpc) is 3.40. The van der Waals surface area contributed by atoms with Crippen molar-refractivity contribution in [1.29, 1.82) is 0 Å². The van der Waals surface area contributed by atoms with Crippen molar-refractivity contribution in [1.82, 2.24) is 0 Å². The van der Waals surface area contributed by atoms with E-state index in [1.54, 1.807) is 5.56 Å². The van der Waals surface area contributed by atoms with Gasteiger partial charge < -0.3 is 0 Å². The Balaban J connectivity index is 1.56. The van der Waals surface area contributed by atoms with Gasteiger partial charge in [0.1, 0.15) is 7.05 Å². The zero-order valence-electron chi connectivity index (χ0n) is 23.4. The summed E-state index contributed by atoms with van der Waals surface area (Å²) in [6.07, 6.45) is 10.2. The van der Waals surface area contributed by atoms with Gasteiger partial charge in [-0.25, -0.2) is 4.57 Å². The van der Waals surface area contributed by atoms with Gasteiger partial charge in [-0.3, -0.25) is 0 Å². The lowest BCUT2D eigenvalue weighted by Gasteiger charge is -2.28. The SMILES string of the molecule is Cc1c2c(c(CC(C)(C)C)c3ccccc13)Sc1cc3c(CC4CCCC4)cccc3c3cc[n+](C)c-2c13. The summed E-state index contributed by atoms with van der Waals surface area (Å²) < 4.78 is 2.38. The zero-order valence-corrected chi connectivity index (χ0v) is 24.3. The first-order chi connectivity index (χ1) is 18.3. The Kier molecular flexibility index (Phi) is 5.64. The highest BCUT2D eigenvalue weighted by molar-refractivity contribution is 8.00. The first-order valence-corrected chi connectivity index (χ1v) is 15.2. The molecule has 2 heteroatoms. The molecular formula is C36H38NS+. The van der Waals surface area contributed by atoms with Crippen LogP contribution in [0.3, 0.4) is 0 Å². The number of pyridine rings is 1. The Morgan fingerprint density at radius 2 is 1.61 bits per heavy atom. The molecular weight excluding hydrogens is 478 g/mol. The maximum Gasteiger partial charge on any atom is 0.222 e. The standard InChI is InChI=1S/C36H38NS/c1-22-25-14-8-9-15-26(25)30(21-36(2,3)4)35-32(22)34-33-28(17-18-37(34)5)27-16-10-13-24(19-23-11-6-7-12-23)29(27)20-31(33)38-35/h8-10,13-18,20,23H,6-7,11-12,19,21H2,1-5H3/q+1. The monoisotopic (exact) mass is 516 g/mol. The average molecular weight is 517 g/mol. The molecule has 0 N–H and O–H groups in total. The summed E-state index contributed by atoms with van der Waals surface area (Å²) in [5.41, 5.74) is 7.49. The number of benzene rings is 4. The smallest absolute Gasteiger partial charge is 0.200 e. The number of rotatable bonds is 3. The molecule has 0 amide bonds. The largest absolute Gasteiger partial charge is 0.222 e. The maximum absolute atomic E-state index is 2.55. The van der Waals surface area contributed by atoms with Crippen molar-refractivity contribution in [2.24, 2.45) is 18.4 Å². The minimum absolute atomic E-state index is 0.207. The summed E-state index contributed by atoms with van der Waals surface area (Å²) in [5.74, 6) is 0.845. The van der Waals surface area contributed by atoms with Crippen molar-refractivity contribution >= 4 is 44.1 Å². The topological polar surface area (TPSA) is 3.88 Å². The lowest BCUT2D eigenvalue weighted by molar-refractivity contribution is -0.659. The molecule has 1 aliphatic carbocycles. The van der Waals surface area contributed by atoms with Crippen molar-refractivity contribution in [3.8, 4) is 11.3 Å². The van der Waals surface area contributed by atoms with E-state index in [2.05, 4.69) is 100 Å². The number of aromatic nitrogens is 1. The van der Waals surface area contributed by atoms with Crippen molar-refractivity contribution < 1.29 is 4.57 Å². The predicted octanol–water partition coefficient (Wildman–Crippen LogP) is 9.73. The van der Waals surface area contributed by atoms with E-state index in [-0.39, 0.29) is 5.41 Å². The molecule has 0 spiro atoms. The van der Waals surface area contributed by atoms with Crippen LogP contribution < -0.4 is 4.57 Å². The Hall–Kier alpha value is -2.84. The van der Waals surface area contributed by atoms with E-state index in [1.807, 2.05) is 11.8 Å². The molecule has 0 bridgehead atoms. The molecule has 4 aromatic carbocycles. The van der Waals surface area contributed by atoms with Crippen LogP contribution in [-0.2, 0) is 19.9 Å². The minimum atomic E-state index is 0.207. The summed E-state index contributed by atoms with van der Waals surface area (Å²) in [5, 5.41) is 8.53. The number of nitrogens with zero attached hydrogens (tertiary/aromatic N) is 1. The second-order valence-corrected chi connectivity index (χ2v) is 14.1. The summed E-state index contributed by atoms with van der Waals surface area (Å²) >= 11 is 2.03. The molecule has 1 fully saturated rings. The summed E-state index contributed by atoms with van der Waals surface area (Å²) in [7, 11) is 2.23. The van der Waals surface area contributed by atoms with Gasteiger partial charge in [-0.1, -0.05) is 101 Å². The van der Waals surface area contributed by atoms with Crippen LogP contribution in [-0.4, -0.2) is 0 Å². The van der Waals surface area contributed by atoms with Crippen LogP contribution in [0.2, 0.25) is 0 Å². The molecule has 1 saturated carbocycles. The van der Waals surface area contributed by atoms with Crippen LogP contribution in [0, 0.1) is 18.3 Å². The third-order valence-electron chi connectivity index (χ3n) is 9.00. The quantitative estimate of drug-likeness (QED) is 0.167. The fraction of sp³-hybridized carbons (Fsp3) is 0.361. The lowest BCUT2D eigenvalue weighted by Crippen LogP contribution is -2.32. The summed E-state index contributed by atoms with van der Waals surface area (Å²) in [6, 6.07) is 21.0. The molecule has 1 nitrogen and oxygen atoms in total. The van der Waals surface area contributed by atoms with Gasteiger partial charge in [-0.05, 0) is 75.4 Å². The van der Waals surface area contributed by atoms with Gasteiger partial charge in [0.25, 0.3) is 0 Å². The van der Waals surface area contributed by atoms with E-state index >= 15 is 0 Å². The number of hydrogen-bond acceptors (Lipinski definition) is 1. The van der Waals surface area contributed by atoms with Crippen LogP contribution in [0.5, 0.6) is 0 Å². The normalized spacial score (nSPS) is 15.6. The van der Waals surface area contributed by atoms with Crippen LogP contribution in [0.4, 0.5) is 0 Å². The second kappa shape index (κ2) is 8.85. The van der Waals surface area contributed by atoms with E-state index < -0.39 is 0 Å². The Morgan fingerprint density at radius 3 is 2.37 bits per heavy atom. The zero-order chi connectivity index (χ0) is 26.2. The molecule has 5 aromatic rings. The lowest BCUT2D eigenvalue weighted by atomic mass is 9.83. The second-order valence-electron chi connectivity index (χ2n) is 13.0. The Bertz CT molecular complexity index is 1750. The molecule has 2 aliphatic rings. The first kappa shape index (κ1) is 24.2. The molecule has 38 heavy (non-hydrogen) atoms. The van der Waals surface area contributed by atoms with E-state index in [1.165, 1.54) is 96.6 Å². The van der Waals surface area contributed by atoms with E-state index in [9.17, 15) is 0 Å². The van der Waals surface area contributed by atoms with Crippen LogP contribution in [0.1, 0.15) is 63.1 Å². The predicted molar refractivity (Wildman–Crippen MR) is 163 cm³/mol. The van der Waals surface area contributed by atoms with Crippen LogP contribution in [0.15, 0.2) is 70.6 Å². The van der Waals surface area contributed by atoms with Crippen molar-refractivity contribution in [2.75, 3.05) is 0 Å². The molecule has 0 saturated heterocycles. The van der Waals surface area contributed by atoms with Crippen LogP contribution >= 0.6 is 11.8 Å². The van der Waals surface area contributed by atoms with E-state index in [0.717, 1.165) is 12.3 Å². The molecule has 0 atom stereocenters. The van der Waals surface area contributed by atoms with Gasteiger partial charge in [0.2, 0.25) is 5.69 Å². The highest BCUT2D eigenvalue weighted by Crippen LogP contribution is 2.53. The number of aryl methyl sites for hydroxylation is 2. The molecule has 0 unspecified atom stereocenters. The molecule has 0 radical (unpaired) electrons. The molecule has 2 heterocycles.